The van der Waals surface area contributed by atoms with Gasteiger partial charge in [0.25, 0.3) is 0 Å². The lowest BCUT2D eigenvalue weighted by molar-refractivity contribution is 0.668. The average molecular weight is 424 g/mol. The first-order valence-electron chi connectivity index (χ1n) is 11.6. The van der Waals surface area contributed by atoms with Crippen molar-refractivity contribution >= 4 is 35.9 Å². The number of fused-ring (bicyclic) bond motifs is 1. The number of aryl methyl sites for hydroxylation is 1. The van der Waals surface area contributed by atoms with E-state index in [2.05, 4.69) is 59.9 Å². The quantitative estimate of drug-likeness (QED) is 0.418. The summed E-state index contributed by atoms with van der Waals surface area (Å²) in [4.78, 5) is 14.5. The van der Waals surface area contributed by atoms with Crippen molar-refractivity contribution in [2.45, 2.75) is 71.8 Å². The topological polar surface area (TPSA) is 55.6 Å². The van der Waals surface area contributed by atoms with Gasteiger partial charge in [0.15, 0.2) is 17.0 Å². The van der Waals surface area contributed by atoms with E-state index in [4.69, 9.17) is 9.97 Å². The molecule has 2 aromatic heterocycles. The van der Waals surface area contributed by atoms with Gasteiger partial charge in [0, 0.05) is 18.2 Å². The summed E-state index contributed by atoms with van der Waals surface area (Å²) < 4.78 is 2.12. The van der Waals surface area contributed by atoms with Gasteiger partial charge in [0.2, 0.25) is 0 Å². The second-order valence-electron chi connectivity index (χ2n) is 8.27. The molecule has 5 nitrogen and oxygen atoms in total. The van der Waals surface area contributed by atoms with Gasteiger partial charge in [-0.3, -0.25) is 0 Å². The van der Waals surface area contributed by atoms with E-state index in [-0.39, 0.29) is 7.92 Å². The molecule has 30 heavy (non-hydrogen) atoms. The number of hydrogen-bond acceptors (Lipinski definition) is 4. The molecule has 4 rings (SSSR count). The van der Waals surface area contributed by atoms with E-state index in [1.165, 1.54) is 56.2 Å². The second-order valence-corrected chi connectivity index (χ2v) is 10.8. The molecule has 1 aliphatic rings. The first-order valence-corrected chi connectivity index (χ1v) is 13.3. The Hall–Kier alpha value is -2.00. The van der Waals surface area contributed by atoms with Crippen LogP contribution in [0, 0.1) is 0 Å². The monoisotopic (exact) mass is 423 g/mol. The van der Waals surface area contributed by atoms with Crippen LogP contribution >= 0.6 is 7.92 Å². The first kappa shape index (κ1) is 21.2. The number of hydrogen-bond donors (Lipinski definition) is 1. The fraction of sp³-hybridized carbons (Fsp3) is 0.542. The molecule has 1 aliphatic carbocycles. The second kappa shape index (κ2) is 9.87. The zero-order valence-electron chi connectivity index (χ0n) is 18.6. The van der Waals surface area contributed by atoms with Crippen LogP contribution in [0.1, 0.15) is 71.0 Å². The van der Waals surface area contributed by atoms with Crippen LogP contribution in [-0.2, 0) is 6.54 Å². The summed E-state index contributed by atoms with van der Waals surface area (Å²) >= 11 is 0. The van der Waals surface area contributed by atoms with Crippen LogP contribution in [0.5, 0.6) is 0 Å². The van der Waals surface area contributed by atoms with Gasteiger partial charge in [-0.1, -0.05) is 59.6 Å². The van der Waals surface area contributed by atoms with Crippen LogP contribution in [0.4, 0.5) is 11.5 Å². The molecule has 3 aromatic rings. The van der Waals surface area contributed by atoms with E-state index in [1.54, 1.807) is 0 Å². The van der Waals surface area contributed by atoms with Crippen LogP contribution in [0.25, 0.3) is 11.2 Å². The Bertz CT molecular complexity index is 954. The van der Waals surface area contributed by atoms with E-state index in [9.17, 15) is 0 Å². The van der Waals surface area contributed by atoms with Gasteiger partial charge in [-0.05, 0) is 49.5 Å². The molecule has 0 unspecified atom stereocenters. The predicted octanol–water partition coefficient (Wildman–Crippen LogP) is 6.17. The van der Waals surface area contributed by atoms with Gasteiger partial charge in [-0.2, -0.15) is 0 Å². The Balaban J connectivity index is 1.63. The van der Waals surface area contributed by atoms with Crippen LogP contribution in [0.2, 0.25) is 0 Å². The average Bonchev–Trinajstić information content (AvgIpc) is 3.44. The summed E-state index contributed by atoms with van der Waals surface area (Å²) in [6.07, 6.45) is 12.0. The Labute approximate surface area is 181 Å². The van der Waals surface area contributed by atoms with Gasteiger partial charge in [0.05, 0.1) is 6.33 Å². The highest BCUT2D eigenvalue weighted by Gasteiger charge is 2.23. The zero-order chi connectivity index (χ0) is 20.9. The highest BCUT2D eigenvalue weighted by Crippen LogP contribution is 2.37. The van der Waals surface area contributed by atoms with Crippen molar-refractivity contribution in [1.29, 1.82) is 0 Å². The molecule has 0 saturated heterocycles. The molecule has 160 valence electrons. The maximum absolute atomic E-state index is 4.95. The highest BCUT2D eigenvalue weighted by molar-refractivity contribution is 7.65. The van der Waals surface area contributed by atoms with Crippen molar-refractivity contribution in [1.82, 2.24) is 19.5 Å². The molecule has 0 aliphatic heterocycles. The van der Waals surface area contributed by atoms with Crippen molar-refractivity contribution in [3.05, 3.63) is 36.4 Å². The van der Waals surface area contributed by atoms with Crippen molar-refractivity contribution in [3.8, 4) is 0 Å². The number of anilines is 2. The summed E-state index contributed by atoms with van der Waals surface area (Å²) in [5.74, 6) is 2.29. The maximum atomic E-state index is 4.95. The Morgan fingerprint density at radius 3 is 2.33 bits per heavy atom. The summed E-state index contributed by atoms with van der Waals surface area (Å²) in [6.45, 7) is 7.58. The number of nitrogens with zero attached hydrogens (tertiary/aromatic N) is 4. The largest absolute Gasteiger partial charge is 0.338 e. The summed E-state index contributed by atoms with van der Waals surface area (Å²) in [5.41, 5.74) is 2.88. The lowest BCUT2D eigenvalue weighted by Gasteiger charge is -2.17. The third-order valence-electron chi connectivity index (χ3n) is 6.02. The molecule has 0 radical (unpaired) electrons. The zero-order valence-corrected chi connectivity index (χ0v) is 19.5. The van der Waals surface area contributed by atoms with E-state index in [0.717, 1.165) is 35.0 Å². The summed E-state index contributed by atoms with van der Waals surface area (Å²) in [5, 5.41) is 5.07. The predicted molar refractivity (Wildman–Crippen MR) is 129 cm³/mol. The molecule has 1 saturated carbocycles. The van der Waals surface area contributed by atoms with Crippen molar-refractivity contribution in [2.24, 2.45) is 0 Å². The number of rotatable bonds is 9. The van der Waals surface area contributed by atoms with Gasteiger partial charge < -0.3 is 9.88 Å². The molecule has 2 heterocycles. The maximum Gasteiger partial charge on any atom is 0.165 e. The molecule has 0 spiro atoms. The van der Waals surface area contributed by atoms with E-state index < -0.39 is 0 Å². The summed E-state index contributed by atoms with van der Waals surface area (Å²) in [6, 6.07) is 9.02. The molecule has 1 aromatic carbocycles. The molecule has 1 fully saturated rings. The minimum atomic E-state index is -0.0354. The number of imidazole rings is 1. The van der Waals surface area contributed by atoms with Gasteiger partial charge >= 0.3 is 0 Å². The number of nitrogens with one attached hydrogen (secondary N) is 1. The minimum Gasteiger partial charge on any atom is -0.338 e. The lowest BCUT2D eigenvalue weighted by atomic mass is 10.1. The van der Waals surface area contributed by atoms with Crippen molar-refractivity contribution in [2.75, 3.05) is 17.6 Å². The third kappa shape index (κ3) is 4.51. The van der Waals surface area contributed by atoms with Crippen molar-refractivity contribution < 1.29 is 0 Å². The van der Waals surface area contributed by atoms with Crippen LogP contribution in [-0.4, -0.2) is 31.8 Å². The van der Waals surface area contributed by atoms with Crippen LogP contribution in [0.3, 0.4) is 0 Å². The minimum absolute atomic E-state index is 0.0354. The third-order valence-corrected chi connectivity index (χ3v) is 9.03. The lowest BCUT2D eigenvalue weighted by Crippen LogP contribution is -2.08. The van der Waals surface area contributed by atoms with Gasteiger partial charge in [-0.25, -0.2) is 15.0 Å². The van der Waals surface area contributed by atoms with E-state index in [0.29, 0.717) is 5.92 Å². The number of aromatic nitrogens is 4. The molecule has 6 heteroatoms. The van der Waals surface area contributed by atoms with Crippen LogP contribution in [0.15, 0.2) is 30.6 Å². The molecule has 0 bridgehead atoms. The van der Waals surface area contributed by atoms with E-state index in [1.807, 2.05) is 6.33 Å². The normalized spacial score (nSPS) is 14.8. The highest BCUT2D eigenvalue weighted by atomic mass is 31.1. The Morgan fingerprint density at radius 1 is 1.00 bits per heavy atom. The Morgan fingerprint density at radius 2 is 1.70 bits per heavy atom. The van der Waals surface area contributed by atoms with Gasteiger partial charge in [-0.15, -0.1) is 0 Å². The summed E-state index contributed by atoms with van der Waals surface area (Å²) in [7, 11) is -0.0354. The van der Waals surface area contributed by atoms with Crippen molar-refractivity contribution in [3.63, 3.8) is 0 Å². The Kier molecular flexibility index (Phi) is 6.99. The SMILES string of the molecule is CCCP(CCC)c1ccc(Nc2nc(C3CCCC3)nc3c2ncn3CC)cc1. The standard InChI is InChI=1S/C24H34N5P/c1-4-15-30(16-5-2)20-13-11-19(12-14-20)26-23-21-24(29(6-3)17-25-21)28-22(27-23)18-9-7-8-10-18/h11-14,17-18H,4-10,15-16H2,1-3H3,(H,26,27,28). The fourth-order valence-electron chi connectivity index (χ4n) is 4.45. The molecule has 0 amide bonds. The van der Waals surface area contributed by atoms with Gasteiger partial charge in [0.1, 0.15) is 5.82 Å². The molecule has 1 N–H and O–H groups in total. The fourth-order valence-corrected chi connectivity index (χ4v) is 6.84. The number of benzene rings is 1. The smallest absolute Gasteiger partial charge is 0.165 e. The first-order chi connectivity index (χ1) is 14.7. The molecular weight excluding hydrogens is 389 g/mol. The molecular formula is C24H34N5P. The van der Waals surface area contributed by atoms with E-state index >= 15 is 0 Å². The van der Waals surface area contributed by atoms with Crippen LogP contribution < -0.4 is 10.6 Å². The molecule has 0 atom stereocenters.